The number of aromatic nitrogens is 1. The van der Waals surface area contributed by atoms with Crippen LogP contribution in [0.4, 0.5) is 0 Å². The van der Waals surface area contributed by atoms with Crippen molar-refractivity contribution in [2.24, 2.45) is 0 Å². The van der Waals surface area contributed by atoms with Gasteiger partial charge in [-0.2, -0.15) is 0 Å². The fourth-order valence-corrected chi connectivity index (χ4v) is 2.75. The Morgan fingerprint density at radius 2 is 2.05 bits per heavy atom. The van der Waals surface area contributed by atoms with Gasteiger partial charge < -0.3 is 4.74 Å². The second-order valence-electron chi connectivity index (χ2n) is 4.70. The molecule has 0 radical (unpaired) electrons. The minimum atomic E-state index is -0.152. The Kier molecular flexibility index (Phi) is 5.30. The van der Waals surface area contributed by atoms with Crippen LogP contribution in [0.3, 0.4) is 0 Å². The van der Waals surface area contributed by atoms with Crippen molar-refractivity contribution in [3.05, 3.63) is 51.5 Å². The maximum atomic E-state index is 11.3. The van der Waals surface area contributed by atoms with Gasteiger partial charge in [0, 0.05) is 18.2 Å². The van der Waals surface area contributed by atoms with E-state index in [1.165, 1.54) is 11.1 Å². The minimum absolute atomic E-state index is 0.152. The third-order valence-electron chi connectivity index (χ3n) is 2.97. The van der Waals surface area contributed by atoms with Gasteiger partial charge in [-0.1, -0.05) is 29.8 Å². The Balaban J connectivity index is 1.88. The molecule has 2 rings (SSSR count). The van der Waals surface area contributed by atoms with Crippen molar-refractivity contribution in [2.75, 3.05) is 6.61 Å². The highest BCUT2D eigenvalue weighted by Crippen LogP contribution is 2.16. The molecule has 0 saturated carbocycles. The summed E-state index contributed by atoms with van der Waals surface area (Å²) in [5.74, 6) is -0.152. The maximum Gasteiger partial charge on any atom is 0.306 e. The molecule has 0 unspecified atom stereocenters. The summed E-state index contributed by atoms with van der Waals surface area (Å²) in [5, 5.41) is 3.12. The van der Waals surface area contributed by atoms with Crippen LogP contribution >= 0.6 is 11.3 Å². The summed E-state index contributed by atoms with van der Waals surface area (Å²) < 4.78 is 4.91. The molecule has 4 heteroatoms. The van der Waals surface area contributed by atoms with Crippen LogP contribution in [0.5, 0.6) is 0 Å². The number of hydrogen-bond donors (Lipinski definition) is 0. The van der Waals surface area contributed by atoms with Gasteiger partial charge in [0.25, 0.3) is 0 Å². The number of thiazole rings is 1. The lowest BCUT2D eigenvalue weighted by atomic mass is 10.1. The van der Waals surface area contributed by atoms with Crippen molar-refractivity contribution >= 4 is 17.3 Å². The normalized spacial score (nSPS) is 10.5. The number of carbonyl (C=O) groups excluding carboxylic acids is 1. The molecule has 0 amide bonds. The summed E-state index contributed by atoms with van der Waals surface area (Å²) in [4.78, 5) is 15.9. The van der Waals surface area contributed by atoms with Gasteiger partial charge in [-0.05, 0) is 19.4 Å². The van der Waals surface area contributed by atoms with Crippen molar-refractivity contribution < 1.29 is 9.53 Å². The van der Waals surface area contributed by atoms with Crippen LogP contribution in [0, 0.1) is 6.92 Å². The molecule has 0 fully saturated rings. The van der Waals surface area contributed by atoms with Crippen LogP contribution < -0.4 is 0 Å². The smallest absolute Gasteiger partial charge is 0.306 e. The molecule has 0 spiro atoms. The summed E-state index contributed by atoms with van der Waals surface area (Å²) in [6.07, 6.45) is 1.91. The van der Waals surface area contributed by atoms with Crippen molar-refractivity contribution in [3.63, 3.8) is 0 Å². The Labute approximate surface area is 123 Å². The van der Waals surface area contributed by atoms with E-state index in [2.05, 4.69) is 36.2 Å². The van der Waals surface area contributed by atoms with E-state index in [0.29, 0.717) is 19.4 Å². The first-order valence-electron chi connectivity index (χ1n) is 6.82. The van der Waals surface area contributed by atoms with Crippen molar-refractivity contribution in [2.45, 2.75) is 33.1 Å². The van der Waals surface area contributed by atoms with E-state index in [4.69, 9.17) is 4.74 Å². The van der Waals surface area contributed by atoms with E-state index < -0.39 is 0 Å². The van der Waals surface area contributed by atoms with Gasteiger partial charge in [-0.15, -0.1) is 11.3 Å². The first kappa shape index (κ1) is 14.7. The third kappa shape index (κ3) is 4.46. The number of rotatable bonds is 6. The second kappa shape index (κ2) is 7.20. The van der Waals surface area contributed by atoms with Crippen LogP contribution in [0.1, 0.15) is 35.2 Å². The Morgan fingerprint density at radius 1 is 1.30 bits per heavy atom. The Hall–Kier alpha value is -1.68. The SMILES string of the molecule is CCOC(=O)CCc1csc(Cc2ccc(C)cc2)n1. The standard InChI is InChI=1S/C16H19NO2S/c1-3-19-16(18)9-8-14-11-20-15(17-14)10-13-6-4-12(2)5-7-13/h4-7,11H,3,8-10H2,1-2H3. The van der Waals surface area contributed by atoms with E-state index in [9.17, 15) is 4.79 Å². The molecule has 20 heavy (non-hydrogen) atoms. The van der Waals surface area contributed by atoms with Crippen LogP contribution in [-0.2, 0) is 22.4 Å². The summed E-state index contributed by atoms with van der Waals surface area (Å²) in [5.41, 5.74) is 3.51. The molecule has 1 heterocycles. The van der Waals surface area contributed by atoms with Gasteiger partial charge >= 0.3 is 5.97 Å². The monoisotopic (exact) mass is 289 g/mol. The van der Waals surface area contributed by atoms with Crippen LogP contribution in [0.15, 0.2) is 29.6 Å². The van der Waals surface area contributed by atoms with E-state index >= 15 is 0 Å². The van der Waals surface area contributed by atoms with Gasteiger partial charge in [-0.25, -0.2) is 4.98 Å². The first-order valence-corrected chi connectivity index (χ1v) is 7.69. The predicted molar refractivity (Wildman–Crippen MR) is 81.1 cm³/mol. The number of hydrogen-bond acceptors (Lipinski definition) is 4. The Morgan fingerprint density at radius 3 is 2.75 bits per heavy atom. The van der Waals surface area contributed by atoms with E-state index in [0.717, 1.165) is 17.1 Å². The van der Waals surface area contributed by atoms with Gasteiger partial charge in [0.2, 0.25) is 0 Å². The molecule has 2 aromatic rings. The molecular formula is C16H19NO2S. The summed E-state index contributed by atoms with van der Waals surface area (Å²) in [6.45, 7) is 4.34. The maximum absolute atomic E-state index is 11.3. The average molecular weight is 289 g/mol. The molecule has 0 aliphatic carbocycles. The topological polar surface area (TPSA) is 39.2 Å². The molecule has 0 bridgehead atoms. The van der Waals surface area contributed by atoms with Crippen molar-refractivity contribution in [3.8, 4) is 0 Å². The summed E-state index contributed by atoms with van der Waals surface area (Å²) in [7, 11) is 0. The lowest BCUT2D eigenvalue weighted by molar-refractivity contribution is -0.143. The Bertz CT molecular complexity index is 560. The van der Waals surface area contributed by atoms with E-state index in [1.807, 2.05) is 12.3 Å². The van der Waals surface area contributed by atoms with E-state index in [-0.39, 0.29) is 5.97 Å². The first-order chi connectivity index (χ1) is 9.67. The fraction of sp³-hybridized carbons (Fsp3) is 0.375. The number of esters is 1. The number of ether oxygens (including phenoxy) is 1. The number of nitrogens with zero attached hydrogens (tertiary/aromatic N) is 1. The molecule has 3 nitrogen and oxygen atoms in total. The molecule has 0 atom stereocenters. The minimum Gasteiger partial charge on any atom is -0.466 e. The predicted octanol–water partition coefficient (Wildman–Crippen LogP) is 3.54. The third-order valence-corrected chi connectivity index (χ3v) is 3.86. The largest absolute Gasteiger partial charge is 0.466 e. The molecule has 1 aromatic carbocycles. The molecule has 0 saturated heterocycles. The van der Waals surface area contributed by atoms with E-state index in [1.54, 1.807) is 11.3 Å². The molecule has 0 N–H and O–H groups in total. The number of benzene rings is 1. The number of carbonyl (C=O) groups is 1. The van der Waals surface area contributed by atoms with Crippen molar-refractivity contribution in [1.29, 1.82) is 0 Å². The summed E-state index contributed by atoms with van der Waals surface area (Å²) >= 11 is 1.65. The van der Waals surface area contributed by atoms with Gasteiger partial charge in [0.1, 0.15) is 0 Å². The number of aryl methyl sites for hydroxylation is 2. The highest BCUT2D eigenvalue weighted by molar-refractivity contribution is 7.09. The zero-order valence-electron chi connectivity index (χ0n) is 11.9. The lowest BCUT2D eigenvalue weighted by Gasteiger charge is -2.00. The quantitative estimate of drug-likeness (QED) is 0.764. The highest BCUT2D eigenvalue weighted by atomic mass is 32.1. The average Bonchev–Trinajstić information content (AvgIpc) is 2.87. The second-order valence-corrected chi connectivity index (χ2v) is 5.64. The molecule has 106 valence electrons. The molecular weight excluding hydrogens is 270 g/mol. The zero-order chi connectivity index (χ0) is 14.4. The van der Waals surface area contributed by atoms with Crippen LogP contribution in [0.2, 0.25) is 0 Å². The zero-order valence-corrected chi connectivity index (χ0v) is 12.7. The van der Waals surface area contributed by atoms with Crippen LogP contribution in [-0.4, -0.2) is 17.6 Å². The fourth-order valence-electron chi connectivity index (χ4n) is 1.89. The van der Waals surface area contributed by atoms with Crippen LogP contribution in [0.25, 0.3) is 0 Å². The highest BCUT2D eigenvalue weighted by Gasteiger charge is 2.07. The molecule has 1 aromatic heterocycles. The molecule has 0 aliphatic heterocycles. The van der Waals surface area contributed by atoms with Gasteiger partial charge in [-0.3, -0.25) is 4.79 Å². The van der Waals surface area contributed by atoms with Gasteiger partial charge in [0.05, 0.1) is 23.7 Å². The molecule has 0 aliphatic rings. The lowest BCUT2D eigenvalue weighted by Crippen LogP contribution is -2.05. The van der Waals surface area contributed by atoms with Gasteiger partial charge in [0.15, 0.2) is 0 Å². The summed E-state index contributed by atoms with van der Waals surface area (Å²) in [6, 6.07) is 8.50. The van der Waals surface area contributed by atoms with Crippen molar-refractivity contribution in [1.82, 2.24) is 4.98 Å².